The Hall–Kier alpha value is -1.34. The van der Waals surface area contributed by atoms with Crippen molar-refractivity contribution in [1.82, 2.24) is 10.3 Å². The summed E-state index contributed by atoms with van der Waals surface area (Å²) in [5.41, 5.74) is 2.40. The summed E-state index contributed by atoms with van der Waals surface area (Å²) >= 11 is 20.9. The normalized spacial score (nSPS) is 10.8. The third kappa shape index (κ3) is 4.88. The van der Waals surface area contributed by atoms with Crippen LogP contribution in [-0.4, -0.2) is 16.9 Å². The van der Waals surface area contributed by atoms with E-state index in [-0.39, 0.29) is 26.8 Å². The molecule has 138 valence electrons. The number of aryl methyl sites for hydroxylation is 1. The molecule has 2 N–H and O–H groups in total. The number of benzene rings is 1. The van der Waals surface area contributed by atoms with Crippen molar-refractivity contribution in [2.75, 3.05) is 5.32 Å². The topological polar surface area (TPSA) is 71.1 Å². The van der Waals surface area contributed by atoms with Crippen LogP contribution in [0.15, 0.2) is 22.7 Å². The third-order valence-corrected chi connectivity index (χ3v) is 4.97. The number of imide groups is 1. The van der Waals surface area contributed by atoms with Gasteiger partial charge in [0, 0.05) is 10.2 Å². The van der Waals surface area contributed by atoms with E-state index in [4.69, 9.17) is 34.8 Å². The van der Waals surface area contributed by atoms with Crippen molar-refractivity contribution in [3.63, 3.8) is 0 Å². The van der Waals surface area contributed by atoms with E-state index in [0.717, 1.165) is 15.6 Å². The number of halogens is 4. The SMILES string of the molecule is Cc1cc(Br)cc(C(C)C)c1NC(=O)NC(=O)c1cc(Cl)c(Cl)nc1Cl. The molecule has 0 bridgehead atoms. The minimum absolute atomic E-state index is 0.0234. The minimum Gasteiger partial charge on any atom is -0.307 e. The number of anilines is 1. The second-order valence-electron chi connectivity index (χ2n) is 5.85. The number of aromatic nitrogens is 1. The lowest BCUT2D eigenvalue weighted by molar-refractivity contribution is 0.0967. The highest BCUT2D eigenvalue weighted by atomic mass is 79.9. The molecule has 5 nitrogen and oxygen atoms in total. The van der Waals surface area contributed by atoms with Gasteiger partial charge in [-0.05, 0) is 42.2 Å². The molecule has 0 unspecified atom stereocenters. The Balaban J connectivity index is 2.22. The molecule has 0 saturated heterocycles. The molecule has 0 radical (unpaired) electrons. The number of nitrogens with zero attached hydrogens (tertiary/aromatic N) is 1. The lowest BCUT2D eigenvalue weighted by atomic mass is 9.98. The van der Waals surface area contributed by atoms with E-state index >= 15 is 0 Å². The Morgan fingerprint density at radius 3 is 2.38 bits per heavy atom. The predicted molar refractivity (Wildman–Crippen MR) is 109 cm³/mol. The van der Waals surface area contributed by atoms with E-state index in [2.05, 4.69) is 31.5 Å². The highest BCUT2D eigenvalue weighted by Crippen LogP contribution is 2.31. The van der Waals surface area contributed by atoms with Crippen molar-refractivity contribution >= 4 is 68.4 Å². The van der Waals surface area contributed by atoms with Gasteiger partial charge in [0.1, 0.15) is 10.3 Å². The van der Waals surface area contributed by atoms with Crippen LogP contribution >= 0.6 is 50.7 Å². The molecule has 1 aromatic heterocycles. The van der Waals surface area contributed by atoms with Crippen LogP contribution in [0.3, 0.4) is 0 Å². The van der Waals surface area contributed by atoms with E-state index in [1.54, 1.807) is 0 Å². The van der Waals surface area contributed by atoms with Crippen LogP contribution in [0.25, 0.3) is 0 Å². The number of carbonyl (C=O) groups is 2. The van der Waals surface area contributed by atoms with E-state index < -0.39 is 11.9 Å². The highest BCUT2D eigenvalue weighted by molar-refractivity contribution is 9.10. The summed E-state index contributed by atoms with van der Waals surface area (Å²) in [7, 11) is 0. The maximum absolute atomic E-state index is 12.3. The summed E-state index contributed by atoms with van der Waals surface area (Å²) in [5.74, 6) is -0.564. The molecule has 1 heterocycles. The lowest BCUT2D eigenvalue weighted by Crippen LogP contribution is -2.35. The maximum atomic E-state index is 12.3. The van der Waals surface area contributed by atoms with Gasteiger partial charge < -0.3 is 5.32 Å². The highest BCUT2D eigenvalue weighted by Gasteiger charge is 2.19. The number of rotatable bonds is 3. The van der Waals surface area contributed by atoms with Crippen LogP contribution in [0.4, 0.5) is 10.5 Å². The predicted octanol–water partition coefficient (Wildman–Crippen LogP) is 6.20. The van der Waals surface area contributed by atoms with Gasteiger partial charge in [-0.1, -0.05) is 64.6 Å². The Kier molecular flexibility index (Phi) is 6.91. The van der Waals surface area contributed by atoms with Gasteiger partial charge in [0.05, 0.1) is 10.6 Å². The zero-order valence-corrected chi connectivity index (χ0v) is 17.9. The maximum Gasteiger partial charge on any atom is 0.326 e. The molecule has 0 saturated carbocycles. The first-order valence-electron chi connectivity index (χ1n) is 7.54. The number of hydrogen-bond acceptors (Lipinski definition) is 3. The average Bonchev–Trinajstić information content (AvgIpc) is 2.52. The Morgan fingerprint density at radius 1 is 1.12 bits per heavy atom. The zero-order chi connectivity index (χ0) is 19.6. The molecule has 0 atom stereocenters. The number of hydrogen-bond donors (Lipinski definition) is 2. The smallest absolute Gasteiger partial charge is 0.307 e. The first-order valence-corrected chi connectivity index (χ1v) is 9.46. The summed E-state index contributed by atoms with van der Waals surface area (Å²) in [4.78, 5) is 28.3. The standard InChI is InChI=1S/C17H15BrCl3N3O2/c1-7(2)10-5-9(18)4-8(3)13(10)22-17(26)24-16(25)11-6-12(19)15(21)23-14(11)20/h4-7H,1-3H3,(H2,22,24,25,26). The number of nitrogens with one attached hydrogen (secondary N) is 2. The third-order valence-electron chi connectivity index (χ3n) is 3.55. The van der Waals surface area contributed by atoms with Gasteiger partial charge in [-0.15, -0.1) is 0 Å². The molecular formula is C17H15BrCl3N3O2. The fourth-order valence-electron chi connectivity index (χ4n) is 2.32. The lowest BCUT2D eigenvalue weighted by Gasteiger charge is -2.17. The quantitative estimate of drug-likeness (QED) is 0.515. The van der Waals surface area contributed by atoms with Gasteiger partial charge in [0.2, 0.25) is 0 Å². The summed E-state index contributed by atoms with van der Waals surface area (Å²) < 4.78 is 0.911. The molecule has 0 spiro atoms. The fourth-order valence-corrected chi connectivity index (χ4v) is 3.46. The number of pyridine rings is 1. The Bertz CT molecular complexity index is 888. The largest absolute Gasteiger partial charge is 0.326 e. The van der Waals surface area contributed by atoms with Gasteiger partial charge in [0.25, 0.3) is 5.91 Å². The van der Waals surface area contributed by atoms with Crippen molar-refractivity contribution in [3.8, 4) is 0 Å². The van der Waals surface area contributed by atoms with Gasteiger partial charge in [-0.3, -0.25) is 10.1 Å². The van der Waals surface area contributed by atoms with Crippen LogP contribution in [0.2, 0.25) is 15.3 Å². The molecule has 0 aliphatic heterocycles. The molecule has 3 amide bonds. The second-order valence-corrected chi connectivity index (χ2v) is 7.89. The van der Waals surface area contributed by atoms with Crippen molar-refractivity contribution in [2.24, 2.45) is 0 Å². The first-order chi connectivity index (χ1) is 12.1. The molecule has 0 aliphatic carbocycles. The van der Waals surface area contributed by atoms with Gasteiger partial charge >= 0.3 is 6.03 Å². The summed E-state index contributed by atoms with van der Waals surface area (Å²) in [5, 5.41) is 4.83. The Labute approximate surface area is 174 Å². The van der Waals surface area contributed by atoms with Crippen LogP contribution in [-0.2, 0) is 0 Å². The van der Waals surface area contributed by atoms with Crippen LogP contribution in [0, 0.1) is 6.92 Å². The number of carbonyl (C=O) groups excluding carboxylic acids is 2. The molecule has 26 heavy (non-hydrogen) atoms. The van der Waals surface area contributed by atoms with E-state index in [1.807, 2.05) is 32.9 Å². The van der Waals surface area contributed by atoms with Crippen LogP contribution < -0.4 is 10.6 Å². The monoisotopic (exact) mass is 477 g/mol. The molecule has 2 aromatic rings. The molecule has 0 aliphatic rings. The molecule has 1 aromatic carbocycles. The minimum atomic E-state index is -0.737. The van der Waals surface area contributed by atoms with Crippen LogP contribution in [0.1, 0.15) is 41.3 Å². The number of amides is 3. The van der Waals surface area contributed by atoms with E-state index in [9.17, 15) is 9.59 Å². The summed E-state index contributed by atoms with van der Waals surface area (Å²) in [6.07, 6.45) is 0. The molecule has 2 rings (SSSR count). The zero-order valence-electron chi connectivity index (χ0n) is 14.1. The number of urea groups is 1. The fraction of sp³-hybridized carbons (Fsp3) is 0.235. The van der Waals surface area contributed by atoms with Gasteiger partial charge in [-0.2, -0.15) is 0 Å². The second kappa shape index (κ2) is 8.57. The first kappa shape index (κ1) is 21.0. The average molecular weight is 480 g/mol. The van der Waals surface area contributed by atoms with E-state index in [0.29, 0.717) is 5.69 Å². The van der Waals surface area contributed by atoms with Gasteiger partial charge in [0.15, 0.2) is 0 Å². The molecular weight excluding hydrogens is 464 g/mol. The van der Waals surface area contributed by atoms with E-state index in [1.165, 1.54) is 6.07 Å². The van der Waals surface area contributed by atoms with Crippen LogP contribution in [0.5, 0.6) is 0 Å². The van der Waals surface area contributed by atoms with Gasteiger partial charge in [-0.25, -0.2) is 9.78 Å². The van der Waals surface area contributed by atoms with Crippen molar-refractivity contribution in [1.29, 1.82) is 0 Å². The van der Waals surface area contributed by atoms with Crippen molar-refractivity contribution in [2.45, 2.75) is 26.7 Å². The molecule has 9 heteroatoms. The van der Waals surface area contributed by atoms with Crippen molar-refractivity contribution < 1.29 is 9.59 Å². The summed E-state index contributed by atoms with van der Waals surface area (Å²) in [6, 6.07) is 4.37. The van der Waals surface area contributed by atoms with Crippen molar-refractivity contribution in [3.05, 3.63) is 54.7 Å². The summed E-state index contributed by atoms with van der Waals surface area (Å²) in [6.45, 7) is 5.89. The molecule has 0 fully saturated rings. The Morgan fingerprint density at radius 2 is 1.77 bits per heavy atom.